The minimum atomic E-state index is 0. The molecule has 2 heterocycles. The van der Waals surface area contributed by atoms with Crippen LogP contribution in [0.3, 0.4) is 0 Å². The summed E-state index contributed by atoms with van der Waals surface area (Å²) in [4.78, 5) is 27.5. The maximum atomic E-state index is 13.0. The van der Waals surface area contributed by atoms with Crippen molar-refractivity contribution in [2.24, 2.45) is 5.92 Å². The van der Waals surface area contributed by atoms with Gasteiger partial charge in [0, 0.05) is 37.2 Å². The molecule has 0 saturated carbocycles. The van der Waals surface area contributed by atoms with E-state index in [-0.39, 0.29) is 36.2 Å². The molecule has 0 spiro atoms. The molecular formula is C22H28ClN3O2. The summed E-state index contributed by atoms with van der Waals surface area (Å²) in [6, 6.07) is 14.1. The zero-order chi connectivity index (χ0) is 18.6. The average molecular weight is 402 g/mol. The molecule has 5 nitrogen and oxygen atoms in total. The number of hydrogen-bond donors (Lipinski definition) is 2. The summed E-state index contributed by atoms with van der Waals surface area (Å²) in [6.07, 6.45) is 3.64. The summed E-state index contributed by atoms with van der Waals surface area (Å²) in [5.41, 5.74) is 0.754. The summed E-state index contributed by atoms with van der Waals surface area (Å²) in [6.45, 7) is 3.19. The first-order chi connectivity index (χ1) is 13.2. The van der Waals surface area contributed by atoms with Crippen molar-refractivity contribution in [3.8, 4) is 0 Å². The van der Waals surface area contributed by atoms with Crippen LogP contribution in [0, 0.1) is 5.92 Å². The molecular weight excluding hydrogens is 374 g/mol. The highest BCUT2D eigenvalue weighted by atomic mass is 35.5. The molecule has 0 radical (unpaired) electrons. The zero-order valence-corrected chi connectivity index (χ0v) is 16.8. The Kier molecular flexibility index (Phi) is 6.92. The third-order valence-corrected chi connectivity index (χ3v) is 5.82. The summed E-state index contributed by atoms with van der Waals surface area (Å²) in [7, 11) is 0. The first kappa shape index (κ1) is 20.6. The van der Waals surface area contributed by atoms with Crippen LogP contribution in [0.2, 0.25) is 0 Å². The van der Waals surface area contributed by atoms with E-state index in [0.717, 1.165) is 55.1 Å². The van der Waals surface area contributed by atoms with E-state index in [1.54, 1.807) is 0 Å². The fraction of sp³-hybridized carbons (Fsp3) is 0.455. The van der Waals surface area contributed by atoms with Crippen LogP contribution in [-0.4, -0.2) is 48.9 Å². The standard InChI is InChI=1S/C22H27N3O2.ClH/c26-21(24-18-7-4-12-23-15-18)17-10-13-25(14-11-17)22(27)20-9-3-6-16-5-1-2-8-19(16)20;/h1-3,5-6,8-9,17-18,23H,4,7,10-15H2,(H,24,26);1H. The van der Waals surface area contributed by atoms with Crippen LogP contribution in [0.5, 0.6) is 0 Å². The molecule has 0 aliphatic carbocycles. The molecule has 6 heteroatoms. The molecule has 2 saturated heterocycles. The largest absolute Gasteiger partial charge is 0.352 e. The van der Waals surface area contributed by atoms with E-state index in [2.05, 4.69) is 10.6 Å². The third kappa shape index (κ3) is 4.47. The lowest BCUT2D eigenvalue weighted by Crippen LogP contribution is -2.49. The minimum absolute atomic E-state index is 0. The highest BCUT2D eigenvalue weighted by Crippen LogP contribution is 2.24. The van der Waals surface area contributed by atoms with E-state index in [9.17, 15) is 9.59 Å². The summed E-state index contributed by atoms with van der Waals surface area (Å²) < 4.78 is 0. The molecule has 1 atom stereocenters. The molecule has 2 aromatic carbocycles. The molecule has 2 amide bonds. The van der Waals surface area contributed by atoms with Crippen molar-refractivity contribution in [3.05, 3.63) is 48.0 Å². The number of fused-ring (bicyclic) bond motifs is 1. The smallest absolute Gasteiger partial charge is 0.254 e. The van der Waals surface area contributed by atoms with Crippen LogP contribution >= 0.6 is 12.4 Å². The van der Waals surface area contributed by atoms with Crippen LogP contribution in [0.1, 0.15) is 36.0 Å². The Morgan fingerprint density at radius 3 is 2.50 bits per heavy atom. The van der Waals surface area contributed by atoms with Gasteiger partial charge in [-0.1, -0.05) is 36.4 Å². The van der Waals surface area contributed by atoms with Crippen molar-refractivity contribution in [1.82, 2.24) is 15.5 Å². The topological polar surface area (TPSA) is 61.4 Å². The third-order valence-electron chi connectivity index (χ3n) is 5.82. The first-order valence-electron chi connectivity index (χ1n) is 10.0. The van der Waals surface area contributed by atoms with Crippen LogP contribution in [0.15, 0.2) is 42.5 Å². The molecule has 2 fully saturated rings. The van der Waals surface area contributed by atoms with E-state index in [4.69, 9.17) is 0 Å². The molecule has 0 bridgehead atoms. The van der Waals surface area contributed by atoms with Crippen molar-refractivity contribution >= 4 is 35.0 Å². The van der Waals surface area contributed by atoms with Gasteiger partial charge >= 0.3 is 0 Å². The Labute approximate surface area is 172 Å². The van der Waals surface area contributed by atoms with Crippen molar-refractivity contribution in [1.29, 1.82) is 0 Å². The predicted octanol–water partition coefficient (Wildman–Crippen LogP) is 2.98. The lowest BCUT2D eigenvalue weighted by atomic mass is 9.94. The summed E-state index contributed by atoms with van der Waals surface area (Å²) in [5, 5.41) is 8.59. The van der Waals surface area contributed by atoms with Gasteiger partial charge in [-0.3, -0.25) is 9.59 Å². The normalized spacial score (nSPS) is 20.4. The van der Waals surface area contributed by atoms with Crippen molar-refractivity contribution < 1.29 is 9.59 Å². The molecule has 28 heavy (non-hydrogen) atoms. The number of carbonyl (C=O) groups is 2. The SMILES string of the molecule is Cl.O=C(NC1CCCNC1)C1CCN(C(=O)c2cccc3ccccc23)CC1. The second-order valence-electron chi connectivity index (χ2n) is 7.65. The Morgan fingerprint density at radius 1 is 1.00 bits per heavy atom. The van der Waals surface area contributed by atoms with Gasteiger partial charge in [-0.15, -0.1) is 12.4 Å². The van der Waals surface area contributed by atoms with Gasteiger partial charge < -0.3 is 15.5 Å². The van der Waals surface area contributed by atoms with E-state index >= 15 is 0 Å². The number of nitrogens with zero attached hydrogens (tertiary/aromatic N) is 1. The molecule has 4 rings (SSSR count). The molecule has 0 aromatic heterocycles. The number of carbonyl (C=O) groups excluding carboxylic acids is 2. The number of hydrogen-bond acceptors (Lipinski definition) is 3. The molecule has 1 unspecified atom stereocenters. The fourth-order valence-corrected chi connectivity index (χ4v) is 4.22. The van der Waals surface area contributed by atoms with Gasteiger partial charge in [-0.25, -0.2) is 0 Å². The highest BCUT2D eigenvalue weighted by Gasteiger charge is 2.29. The van der Waals surface area contributed by atoms with Crippen LogP contribution in [0.25, 0.3) is 10.8 Å². The number of nitrogens with one attached hydrogen (secondary N) is 2. The van der Waals surface area contributed by atoms with Crippen molar-refractivity contribution in [2.45, 2.75) is 31.7 Å². The van der Waals surface area contributed by atoms with E-state index in [1.807, 2.05) is 47.4 Å². The summed E-state index contributed by atoms with van der Waals surface area (Å²) in [5.74, 6) is 0.242. The fourth-order valence-electron chi connectivity index (χ4n) is 4.22. The van der Waals surface area contributed by atoms with Crippen molar-refractivity contribution in [3.63, 3.8) is 0 Å². The second-order valence-corrected chi connectivity index (χ2v) is 7.65. The van der Waals surface area contributed by atoms with Gasteiger partial charge in [0.25, 0.3) is 5.91 Å². The number of benzene rings is 2. The Balaban J connectivity index is 0.00000225. The number of rotatable bonds is 3. The molecule has 2 aliphatic rings. The predicted molar refractivity (Wildman–Crippen MR) is 114 cm³/mol. The van der Waals surface area contributed by atoms with Gasteiger partial charge in [-0.05, 0) is 49.1 Å². The number of likely N-dealkylation sites (tertiary alicyclic amines) is 1. The van der Waals surface area contributed by atoms with E-state index in [0.29, 0.717) is 13.1 Å². The van der Waals surface area contributed by atoms with Gasteiger partial charge in [-0.2, -0.15) is 0 Å². The average Bonchev–Trinajstić information content (AvgIpc) is 2.73. The van der Waals surface area contributed by atoms with Crippen LogP contribution in [0.4, 0.5) is 0 Å². The highest BCUT2D eigenvalue weighted by molar-refractivity contribution is 6.07. The Hall–Kier alpha value is -2.11. The Bertz CT molecular complexity index is 822. The van der Waals surface area contributed by atoms with Gasteiger partial charge in [0.2, 0.25) is 5.91 Å². The maximum absolute atomic E-state index is 13.0. The summed E-state index contributed by atoms with van der Waals surface area (Å²) >= 11 is 0. The minimum Gasteiger partial charge on any atom is -0.352 e. The first-order valence-corrected chi connectivity index (χ1v) is 10.0. The second kappa shape index (κ2) is 9.39. The quantitative estimate of drug-likeness (QED) is 0.831. The Morgan fingerprint density at radius 2 is 1.75 bits per heavy atom. The number of amides is 2. The lowest BCUT2D eigenvalue weighted by Gasteiger charge is -2.33. The molecule has 2 aromatic rings. The van der Waals surface area contributed by atoms with Gasteiger partial charge in [0.15, 0.2) is 0 Å². The number of halogens is 1. The van der Waals surface area contributed by atoms with E-state index < -0.39 is 0 Å². The lowest BCUT2D eigenvalue weighted by molar-refractivity contribution is -0.127. The molecule has 2 aliphatic heterocycles. The van der Waals surface area contributed by atoms with Gasteiger partial charge in [0.05, 0.1) is 0 Å². The monoisotopic (exact) mass is 401 g/mol. The molecule has 150 valence electrons. The van der Waals surface area contributed by atoms with Crippen molar-refractivity contribution in [2.75, 3.05) is 26.2 Å². The van der Waals surface area contributed by atoms with Crippen LogP contribution < -0.4 is 10.6 Å². The van der Waals surface area contributed by atoms with Gasteiger partial charge in [0.1, 0.15) is 0 Å². The zero-order valence-electron chi connectivity index (χ0n) is 16.0. The number of piperidine rings is 2. The molecule has 2 N–H and O–H groups in total. The maximum Gasteiger partial charge on any atom is 0.254 e. The van der Waals surface area contributed by atoms with Crippen LogP contribution in [-0.2, 0) is 4.79 Å². The van der Waals surface area contributed by atoms with E-state index in [1.165, 1.54) is 0 Å².